The van der Waals surface area contributed by atoms with Gasteiger partial charge in [0.25, 0.3) is 0 Å². The SMILES string of the molecule is Cc1csc(N/N=C\c2ccc(O)c([N+](=O)[O-])c2)n1. The fourth-order valence-corrected chi connectivity index (χ4v) is 1.97. The molecule has 1 aromatic carbocycles. The summed E-state index contributed by atoms with van der Waals surface area (Å²) in [5, 5.41) is 26.4. The van der Waals surface area contributed by atoms with Crippen molar-refractivity contribution in [3.63, 3.8) is 0 Å². The smallest absolute Gasteiger partial charge is 0.311 e. The number of aryl methyl sites for hydroxylation is 1. The first kappa shape index (κ1) is 13.0. The second kappa shape index (κ2) is 5.44. The maximum atomic E-state index is 10.6. The summed E-state index contributed by atoms with van der Waals surface area (Å²) in [6.07, 6.45) is 1.42. The van der Waals surface area contributed by atoms with Crippen LogP contribution in [-0.2, 0) is 0 Å². The first-order valence-electron chi connectivity index (χ1n) is 5.25. The summed E-state index contributed by atoms with van der Waals surface area (Å²) in [4.78, 5) is 14.1. The molecule has 0 aliphatic carbocycles. The summed E-state index contributed by atoms with van der Waals surface area (Å²) in [7, 11) is 0. The quantitative estimate of drug-likeness (QED) is 0.508. The number of hydrazone groups is 1. The van der Waals surface area contributed by atoms with Gasteiger partial charge in [-0.2, -0.15) is 5.10 Å². The average Bonchev–Trinajstić information content (AvgIpc) is 2.77. The van der Waals surface area contributed by atoms with Gasteiger partial charge in [0.1, 0.15) is 0 Å². The third-order valence-corrected chi connectivity index (χ3v) is 3.05. The number of nitrogens with one attached hydrogen (secondary N) is 1. The molecule has 1 heterocycles. The first-order chi connectivity index (χ1) is 9.06. The molecule has 0 radical (unpaired) electrons. The van der Waals surface area contributed by atoms with Crippen LogP contribution in [0.2, 0.25) is 0 Å². The number of hydrogen-bond donors (Lipinski definition) is 2. The summed E-state index contributed by atoms with van der Waals surface area (Å²) in [5.74, 6) is -0.370. The molecule has 0 amide bonds. The van der Waals surface area contributed by atoms with Gasteiger partial charge >= 0.3 is 5.69 Å². The van der Waals surface area contributed by atoms with E-state index in [0.29, 0.717) is 10.7 Å². The molecule has 2 N–H and O–H groups in total. The summed E-state index contributed by atoms with van der Waals surface area (Å²) >= 11 is 1.41. The van der Waals surface area contributed by atoms with Gasteiger partial charge in [0.15, 0.2) is 5.75 Å². The number of phenols is 1. The van der Waals surface area contributed by atoms with Crippen molar-refractivity contribution in [1.29, 1.82) is 0 Å². The van der Waals surface area contributed by atoms with Crippen molar-refractivity contribution in [2.45, 2.75) is 6.92 Å². The molecule has 0 bridgehead atoms. The van der Waals surface area contributed by atoms with Crippen LogP contribution in [0.25, 0.3) is 0 Å². The highest BCUT2D eigenvalue weighted by atomic mass is 32.1. The van der Waals surface area contributed by atoms with Crippen molar-refractivity contribution < 1.29 is 10.0 Å². The summed E-state index contributed by atoms with van der Waals surface area (Å²) in [5.41, 5.74) is 3.77. The zero-order valence-electron chi connectivity index (χ0n) is 9.90. The predicted molar refractivity (Wildman–Crippen MR) is 72.8 cm³/mol. The van der Waals surface area contributed by atoms with Gasteiger partial charge in [-0.15, -0.1) is 11.3 Å². The fourth-order valence-electron chi connectivity index (χ4n) is 1.33. The molecule has 0 saturated heterocycles. The Hall–Kier alpha value is -2.48. The Morgan fingerprint density at radius 3 is 3.00 bits per heavy atom. The van der Waals surface area contributed by atoms with Gasteiger partial charge in [-0.25, -0.2) is 4.98 Å². The second-order valence-corrected chi connectivity index (χ2v) is 4.53. The Labute approximate surface area is 112 Å². The molecular weight excluding hydrogens is 268 g/mol. The molecule has 0 spiro atoms. The molecule has 7 nitrogen and oxygen atoms in total. The number of phenolic OH excluding ortho intramolecular Hbond substituents is 1. The fraction of sp³-hybridized carbons (Fsp3) is 0.0909. The molecule has 2 aromatic rings. The molecule has 19 heavy (non-hydrogen) atoms. The van der Waals surface area contributed by atoms with Crippen LogP contribution in [0.1, 0.15) is 11.3 Å². The molecule has 98 valence electrons. The van der Waals surface area contributed by atoms with E-state index in [2.05, 4.69) is 15.5 Å². The van der Waals surface area contributed by atoms with Crippen LogP contribution < -0.4 is 5.43 Å². The van der Waals surface area contributed by atoms with E-state index in [1.54, 1.807) is 0 Å². The molecular formula is C11H10N4O3S. The topological polar surface area (TPSA) is 101 Å². The number of anilines is 1. The highest BCUT2D eigenvalue weighted by molar-refractivity contribution is 7.13. The Kier molecular flexibility index (Phi) is 3.71. The predicted octanol–water partition coefficient (Wildman–Crippen LogP) is 2.51. The van der Waals surface area contributed by atoms with Crippen molar-refractivity contribution in [2.24, 2.45) is 5.10 Å². The molecule has 0 saturated carbocycles. The van der Waals surface area contributed by atoms with Crippen molar-refractivity contribution >= 4 is 28.4 Å². The minimum Gasteiger partial charge on any atom is -0.502 e. The van der Waals surface area contributed by atoms with Gasteiger partial charge in [-0.3, -0.25) is 15.5 Å². The number of hydrogen-bond acceptors (Lipinski definition) is 7. The number of nitro benzene ring substituents is 1. The Bertz CT molecular complexity index is 639. The van der Waals surface area contributed by atoms with Gasteiger partial charge in [-0.1, -0.05) is 0 Å². The molecule has 0 aliphatic rings. The minimum atomic E-state index is -0.649. The molecule has 0 fully saturated rings. The lowest BCUT2D eigenvalue weighted by molar-refractivity contribution is -0.385. The normalized spacial score (nSPS) is 10.8. The molecule has 0 aliphatic heterocycles. The van der Waals surface area contributed by atoms with Crippen LogP contribution in [0.4, 0.5) is 10.8 Å². The van der Waals surface area contributed by atoms with Crippen LogP contribution in [0.5, 0.6) is 5.75 Å². The number of aromatic hydroxyl groups is 1. The van der Waals surface area contributed by atoms with Crippen LogP contribution in [0.15, 0.2) is 28.7 Å². The number of nitro groups is 1. The molecule has 0 unspecified atom stereocenters. The zero-order chi connectivity index (χ0) is 13.8. The average molecular weight is 278 g/mol. The minimum absolute atomic E-state index is 0.353. The number of benzene rings is 1. The van der Waals surface area contributed by atoms with Crippen molar-refractivity contribution in [2.75, 3.05) is 5.43 Å². The van der Waals surface area contributed by atoms with Gasteiger partial charge in [0, 0.05) is 17.0 Å². The van der Waals surface area contributed by atoms with Crippen molar-refractivity contribution in [3.05, 3.63) is 45.0 Å². The highest BCUT2D eigenvalue weighted by Crippen LogP contribution is 2.25. The number of rotatable bonds is 4. The molecule has 2 rings (SSSR count). The lowest BCUT2D eigenvalue weighted by Crippen LogP contribution is -1.93. The zero-order valence-corrected chi connectivity index (χ0v) is 10.7. The van der Waals surface area contributed by atoms with Gasteiger partial charge in [-0.05, 0) is 19.1 Å². The summed E-state index contributed by atoms with van der Waals surface area (Å²) in [6.45, 7) is 1.87. The maximum absolute atomic E-state index is 10.6. The van der Waals surface area contributed by atoms with Gasteiger partial charge in [0.05, 0.1) is 16.8 Å². The second-order valence-electron chi connectivity index (χ2n) is 3.67. The third-order valence-electron chi connectivity index (χ3n) is 2.19. The van der Waals surface area contributed by atoms with Gasteiger partial charge in [0.2, 0.25) is 5.13 Å². The Morgan fingerprint density at radius 1 is 1.58 bits per heavy atom. The maximum Gasteiger partial charge on any atom is 0.311 e. The van der Waals surface area contributed by atoms with Crippen molar-refractivity contribution in [3.8, 4) is 5.75 Å². The number of thiazole rings is 1. The van der Waals surface area contributed by atoms with E-state index in [-0.39, 0.29) is 11.4 Å². The highest BCUT2D eigenvalue weighted by Gasteiger charge is 2.12. The standard InChI is InChI=1S/C11H10N4O3S/c1-7-6-19-11(13-7)14-12-5-8-2-3-10(16)9(4-8)15(17)18/h2-6,16H,1H3,(H,13,14)/b12-5-. The molecule has 8 heteroatoms. The van der Waals surface area contributed by atoms with E-state index in [1.807, 2.05) is 12.3 Å². The molecule has 1 aromatic heterocycles. The van der Waals surface area contributed by atoms with Crippen LogP contribution in [0.3, 0.4) is 0 Å². The largest absolute Gasteiger partial charge is 0.502 e. The van der Waals surface area contributed by atoms with Crippen molar-refractivity contribution in [1.82, 2.24) is 4.98 Å². The third kappa shape index (κ3) is 3.26. The van der Waals surface area contributed by atoms with Gasteiger partial charge < -0.3 is 5.11 Å². The number of nitrogens with zero attached hydrogens (tertiary/aromatic N) is 3. The molecule has 0 atom stereocenters. The monoisotopic (exact) mass is 278 g/mol. The van der Waals surface area contributed by atoms with E-state index < -0.39 is 4.92 Å². The Balaban J connectivity index is 2.10. The van der Waals surface area contributed by atoms with E-state index in [4.69, 9.17) is 0 Å². The Morgan fingerprint density at radius 2 is 2.37 bits per heavy atom. The summed E-state index contributed by atoms with van der Waals surface area (Å²) < 4.78 is 0. The van der Waals surface area contributed by atoms with Crippen LogP contribution in [-0.4, -0.2) is 21.2 Å². The summed E-state index contributed by atoms with van der Waals surface area (Å²) in [6, 6.07) is 4.03. The first-order valence-corrected chi connectivity index (χ1v) is 6.13. The van der Waals surface area contributed by atoms with Crippen LogP contribution >= 0.6 is 11.3 Å². The lowest BCUT2D eigenvalue weighted by atomic mass is 10.2. The van der Waals surface area contributed by atoms with E-state index in [0.717, 1.165) is 5.69 Å². The van der Waals surface area contributed by atoms with E-state index in [9.17, 15) is 15.2 Å². The van der Waals surface area contributed by atoms with E-state index in [1.165, 1.54) is 35.8 Å². The lowest BCUT2D eigenvalue weighted by Gasteiger charge is -1.97. The van der Waals surface area contributed by atoms with Crippen LogP contribution in [0, 0.1) is 17.0 Å². The number of aromatic nitrogens is 1. The van der Waals surface area contributed by atoms with E-state index >= 15 is 0 Å².